The van der Waals surface area contributed by atoms with Crippen molar-refractivity contribution in [3.63, 3.8) is 0 Å². The summed E-state index contributed by atoms with van der Waals surface area (Å²) in [5.74, 6) is -1.49. The Kier molecular flexibility index (Phi) is 7.57. The summed E-state index contributed by atoms with van der Waals surface area (Å²) in [6.45, 7) is 5.44. The third-order valence-corrected chi connectivity index (χ3v) is 8.50. The molecule has 202 valence electrons. The Morgan fingerprint density at radius 2 is 1.73 bits per heavy atom. The molecular formula is C25H30F3N3O5S. The van der Waals surface area contributed by atoms with E-state index in [1.165, 1.54) is 40.7 Å². The highest BCUT2D eigenvalue weighted by Crippen LogP contribution is 2.37. The first-order chi connectivity index (χ1) is 17.3. The number of carboxylic acids is 1. The zero-order valence-corrected chi connectivity index (χ0v) is 21.6. The Bertz CT molecular complexity index is 1400. The second kappa shape index (κ2) is 10.2. The van der Waals surface area contributed by atoms with Gasteiger partial charge in [-0.15, -0.1) is 0 Å². The fourth-order valence-corrected chi connectivity index (χ4v) is 6.03. The molecule has 2 heterocycles. The lowest BCUT2D eigenvalue weighted by Gasteiger charge is -2.31. The minimum absolute atomic E-state index is 0.0271. The summed E-state index contributed by atoms with van der Waals surface area (Å²) in [5.41, 5.74) is 0.289. The number of carbonyl (C=O) groups is 1. The molecule has 8 nitrogen and oxygen atoms in total. The average Bonchev–Trinajstić information content (AvgIpc) is 3.17. The molecule has 2 aromatic carbocycles. The summed E-state index contributed by atoms with van der Waals surface area (Å²) in [6, 6.07) is 4.74. The Morgan fingerprint density at radius 1 is 1.05 bits per heavy atom. The number of hydrogen-bond donors (Lipinski definition) is 2. The third kappa shape index (κ3) is 5.77. The van der Waals surface area contributed by atoms with Gasteiger partial charge in [-0.25, -0.2) is 8.42 Å². The van der Waals surface area contributed by atoms with Crippen molar-refractivity contribution in [2.45, 2.75) is 43.4 Å². The first kappa shape index (κ1) is 27.4. The van der Waals surface area contributed by atoms with Crippen LogP contribution in [0.5, 0.6) is 0 Å². The van der Waals surface area contributed by atoms with Crippen molar-refractivity contribution in [2.24, 2.45) is 5.92 Å². The van der Waals surface area contributed by atoms with Crippen LogP contribution in [-0.2, 0) is 14.8 Å². The lowest BCUT2D eigenvalue weighted by atomic mass is 9.99. The Hall–Kier alpha value is -2.67. The highest BCUT2D eigenvalue weighted by atomic mass is 32.2. The number of carboxylic acid groups (broad SMARTS) is 1. The number of hydrogen-bond acceptors (Lipinski definition) is 6. The minimum Gasteiger partial charge on any atom is -0.480 e. The van der Waals surface area contributed by atoms with Gasteiger partial charge in [-0.2, -0.15) is 17.5 Å². The third-order valence-electron chi connectivity index (χ3n) is 6.60. The van der Waals surface area contributed by atoms with Gasteiger partial charge < -0.3 is 14.4 Å². The van der Waals surface area contributed by atoms with Crippen LogP contribution in [0.2, 0.25) is 0 Å². The molecule has 1 unspecified atom stereocenters. The van der Waals surface area contributed by atoms with E-state index in [1.54, 1.807) is 13.8 Å². The van der Waals surface area contributed by atoms with Crippen molar-refractivity contribution in [3.8, 4) is 0 Å². The van der Waals surface area contributed by atoms with Crippen LogP contribution in [-0.4, -0.2) is 74.1 Å². The van der Waals surface area contributed by atoms with E-state index in [0.29, 0.717) is 42.5 Å². The lowest BCUT2D eigenvalue weighted by Crippen LogP contribution is -2.46. The van der Waals surface area contributed by atoms with E-state index in [1.807, 2.05) is 11.9 Å². The smallest absolute Gasteiger partial charge is 0.407 e. The highest BCUT2D eigenvalue weighted by molar-refractivity contribution is 7.89. The molecule has 1 fully saturated rings. The fraction of sp³-hybridized carbons (Fsp3) is 0.480. The van der Waals surface area contributed by atoms with E-state index in [4.69, 9.17) is 4.42 Å². The predicted molar refractivity (Wildman–Crippen MR) is 133 cm³/mol. The molecule has 0 saturated carbocycles. The molecule has 37 heavy (non-hydrogen) atoms. The Labute approximate surface area is 213 Å². The number of sulfonamides is 1. The molecule has 1 aromatic heterocycles. The van der Waals surface area contributed by atoms with E-state index in [2.05, 4.69) is 5.32 Å². The number of piperazine rings is 1. The van der Waals surface area contributed by atoms with Crippen LogP contribution in [0.3, 0.4) is 0 Å². The van der Waals surface area contributed by atoms with Gasteiger partial charge in [0.1, 0.15) is 23.2 Å². The first-order valence-corrected chi connectivity index (χ1v) is 13.4. The zero-order valence-electron chi connectivity index (χ0n) is 20.7. The van der Waals surface area contributed by atoms with Gasteiger partial charge in [0.15, 0.2) is 0 Å². The maximum Gasteiger partial charge on any atom is 0.407 e. The van der Waals surface area contributed by atoms with E-state index in [0.717, 1.165) is 0 Å². The Morgan fingerprint density at radius 3 is 2.32 bits per heavy atom. The molecule has 1 aliphatic heterocycles. The summed E-state index contributed by atoms with van der Waals surface area (Å²) in [6.07, 6.45) is -4.73. The van der Waals surface area contributed by atoms with Crippen LogP contribution in [0.4, 0.5) is 13.2 Å². The summed E-state index contributed by atoms with van der Waals surface area (Å²) in [7, 11) is -1.82. The van der Waals surface area contributed by atoms with Crippen LogP contribution in [0, 0.1) is 5.92 Å². The molecule has 1 saturated heterocycles. The molecule has 2 N–H and O–H groups in total. The highest BCUT2D eigenvalue weighted by Gasteiger charge is 2.43. The number of fused-ring (bicyclic) bond motifs is 3. The molecule has 0 spiro atoms. The van der Waals surface area contributed by atoms with Gasteiger partial charge >= 0.3 is 12.1 Å². The summed E-state index contributed by atoms with van der Waals surface area (Å²) >= 11 is 0. The second-order valence-electron chi connectivity index (χ2n) is 9.88. The number of rotatable bonds is 8. The van der Waals surface area contributed by atoms with E-state index in [-0.39, 0.29) is 28.4 Å². The maximum absolute atomic E-state index is 14.0. The van der Waals surface area contributed by atoms with Gasteiger partial charge in [0.05, 0.1) is 4.90 Å². The molecular weight excluding hydrogens is 511 g/mol. The van der Waals surface area contributed by atoms with Gasteiger partial charge in [-0.3, -0.25) is 10.1 Å². The number of likely N-dealkylation sites (N-methyl/N-ethyl adjacent to an activating group) is 1. The van der Waals surface area contributed by atoms with E-state index in [9.17, 15) is 31.5 Å². The van der Waals surface area contributed by atoms with E-state index < -0.39 is 34.3 Å². The number of alkyl halides is 3. The number of benzene rings is 2. The van der Waals surface area contributed by atoms with Gasteiger partial charge in [0, 0.05) is 37.0 Å². The molecule has 4 rings (SSSR count). The van der Waals surface area contributed by atoms with Gasteiger partial charge in [0.2, 0.25) is 10.0 Å². The van der Waals surface area contributed by atoms with Gasteiger partial charge in [-0.05, 0) is 49.2 Å². The van der Waals surface area contributed by atoms with Crippen molar-refractivity contribution in [1.29, 1.82) is 0 Å². The van der Waals surface area contributed by atoms with Crippen molar-refractivity contribution >= 4 is 37.9 Å². The summed E-state index contributed by atoms with van der Waals surface area (Å²) in [4.78, 5) is 13.7. The second-order valence-corrected chi connectivity index (χ2v) is 11.8. The van der Waals surface area contributed by atoms with Crippen LogP contribution in [0.1, 0.15) is 31.9 Å². The van der Waals surface area contributed by atoms with E-state index >= 15 is 0 Å². The number of nitrogens with one attached hydrogen (secondary N) is 1. The number of halogens is 3. The van der Waals surface area contributed by atoms with Gasteiger partial charge in [-0.1, -0.05) is 26.0 Å². The SMILES string of the molecule is CC(C)C[C@H](NC(c1ccc2c(c1)oc1ccc(S(=O)(=O)N3CCN(C)CC3)cc12)C(F)(F)F)C(=O)O. The van der Waals surface area contributed by atoms with Crippen LogP contribution < -0.4 is 5.32 Å². The molecule has 1 aliphatic rings. The largest absolute Gasteiger partial charge is 0.480 e. The van der Waals surface area contributed by atoms with Crippen molar-refractivity contribution in [3.05, 3.63) is 42.0 Å². The number of nitrogens with zero attached hydrogens (tertiary/aromatic N) is 2. The van der Waals surface area contributed by atoms with Crippen LogP contribution >= 0.6 is 0 Å². The molecule has 2 atom stereocenters. The normalized spacial score (nSPS) is 18.0. The monoisotopic (exact) mass is 541 g/mol. The van der Waals surface area contributed by atoms with Crippen molar-refractivity contribution in [1.82, 2.24) is 14.5 Å². The number of aliphatic carboxylic acids is 1. The molecule has 0 aliphatic carbocycles. The molecule has 0 radical (unpaired) electrons. The Balaban J connectivity index is 1.70. The zero-order chi connectivity index (χ0) is 27.1. The quantitative estimate of drug-likeness (QED) is 0.440. The van der Waals surface area contributed by atoms with Crippen molar-refractivity contribution in [2.75, 3.05) is 33.2 Å². The molecule has 0 bridgehead atoms. The summed E-state index contributed by atoms with van der Waals surface area (Å²) < 4.78 is 75.5. The van der Waals surface area contributed by atoms with Gasteiger partial charge in [0.25, 0.3) is 0 Å². The maximum atomic E-state index is 14.0. The lowest BCUT2D eigenvalue weighted by molar-refractivity contribution is -0.163. The predicted octanol–water partition coefficient (Wildman–Crippen LogP) is 4.21. The topological polar surface area (TPSA) is 103 Å². The van der Waals surface area contributed by atoms with Crippen LogP contribution in [0.15, 0.2) is 45.7 Å². The summed E-state index contributed by atoms with van der Waals surface area (Å²) in [5, 5.41) is 12.6. The number of furan rings is 1. The first-order valence-electron chi connectivity index (χ1n) is 12.0. The average molecular weight is 542 g/mol. The standard InChI is InChI=1S/C25H30F3N3O5S/c1-15(2)12-20(24(32)33)29-23(25(26,27)28)16-4-6-18-19-14-17(5-7-21(19)36-22(18)13-16)37(34,35)31-10-8-30(3)9-11-31/h4-7,13-15,20,23,29H,8-12H2,1-3H3,(H,32,33)/t20-,23?/m0/s1. The molecule has 3 aromatic rings. The fourth-order valence-electron chi connectivity index (χ4n) is 4.58. The molecule has 0 amide bonds. The van der Waals surface area contributed by atoms with Crippen LogP contribution in [0.25, 0.3) is 21.9 Å². The molecule has 12 heteroatoms. The van der Waals surface area contributed by atoms with Crippen molar-refractivity contribution < 1.29 is 35.9 Å². The minimum atomic E-state index is -4.76.